The molecule has 0 aliphatic rings. The Labute approximate surface area is 110 Å². The minimum Gasteiger partial charge on any atom is -0.298 e. The Hall–Kier alpha value is -2.41. The van der Waals surface area contributed by atoms with Crippen LogP contribution in [0.15, 0.2) is 48.5 Å². The minimum absolute atomic E-state index is 0.811. The number of carbonyl (C=O) groups excluding carboxylic acids is 1. The van der Waals surface area contributed by atoms with E-state index >= 15 is 0 Å². The molecule has 0 saturated carbocycles. The summed E-state index contributed by atoms with van der Waals surface area (Å²) in [4.78, 5) is 11.4. The number of rotatable bonds is 1. The van der Waals surface area contributed by atoms with Crippen LogP contribution in [-0.4, -0.2) is 6.29 Å². The smallest absolute Gasteiger partial charge is 0.150 e. The number of aryl methyl sites for hydroxylation is 1. The molecule has 19 heavy (non-hydrogen) atoms. The quantitative estimate of drug-likeness (QED) is 0.350. The van der Waals surface area contributed by atoms with Gasteiger partial charge in [-0.05, 0) is 44.8 Å². The lowest BCUT2D eigenvalue weighted by Gasteiger charge is -2.13. The van der Waals surface area contributed by atoms with Crippen LogP contribution < -0.4 is 0 Å². The fraction of sp³-hybridized carbons (Fsp3) is 0.0556. The zero-order valence-electron chi connectivity index (χ0n) is 10.6. The van der Waals surface area contributed by atoms with Gasteiger partial charge in [0.2, 0.25) is 0 Å². The summed E-state index contributed by atoms with van der Waals surface area (Å²) in [5.41, 5.74) is 1.85. The highest BCUT2D eigenvalue weighted by atomic mass is 16.1. The summed E-state index contributed by atoms with van der Waals surface area (Å²) in [5, 5.41) is 7.22. The van der Waals surface area contributed by atoms with Crippen molar-refractivity contribution in [3.8, 4) is 0 Å². The Kier molecular flexibility index (Phi) is 1.96. The maximum atomic E-state index is 11.4. The highest BCUT2D eigenvalue weighted by Gasteiger charge is 2.12. The van der Waals surface area contributed by atoms with Crippen LogP contribution in [0.1, 0.15) is 15.9 Å². The molecular formula is C18H12O. The predicted octanol–water partition coefficient (Wildman–Crippen LogP) is 4.70. The van der Waals surface area contributed by atoms with Gasteiger partial charge in [-0.25, -0.2) is 0 Å². The minimum atomic E-state index is 0.811. The second kappa shape index (κ2) is 3.55. The van der Waals surface area contributed by atoms with Gasteiger partial charge in [0.1, 0.15) is 0 Å². The summed E-state index contributed by atoms with van der Waals surface area (Å²) in [6.45, 7) is 2.00. The molecule has 0 bridgehead atoms. The summed E-state index contributed by atoms with van der Waals surface area (Å²) in [6, 6.07) is 16.9. The first kappa shape index (κ1) is 10.5. The lowest BCUT2D eigenvalue weighted by atomic mass is 9.90. The first-order valence-corrected chi connectivity index (χ1v) is 6.42. The molecule has 1 heteroatoms. The maximum absolute atomic E-state index is 11.4. The zero-order valence-corrected chi connectivity index (χ0v) is 10.6. The SMILES string of the molecule is Cc1cc2ccc3cccc4ccc(c1C=O)c2c34. The molecule has 0 atom stereocenters. The van der Waals surface area contributed by atoms with E-state index < -0.39 is 0 Å². The molecule has 0 N–H and O–H groups in total. The van der Waals surface area contributed by atoms with Crippen molar-refractivity contribution < 1.29 is 4.79 Å². The molecule has 0 spiro atoms. The van der Waals surface area contributed by atoms with E-state index in [2.05, 4.69) is 48.5 Å². The van der Waals surface area contributed by atoms with E-state index in [1.54, 1.807) is 0 Å². The summed E-state index contributed by atoms with van der Waals surface area (Å²) in [7, 11) is 0. The topological polar surface area (TPSA) is 17.1 Å². The zero-order chi connectivity index (χ0) is 13.0. The molecule has 0 radical (unpaired) electrons. The van der Waals surface area contributed by atoms with E-state index in [0.717, 1.165) is 22.8 Å². The largest absolute Gasteiger partial charge is 0.298 e. The van der Waals surface area contributed by atoms with E-state index in [-0.39, 0.29) is 0 Å². The second-order valence-corrected chi connectivity index (χ2v) is 5.08. The van der Waals surface area contributed by atoms with Gasteiger partial charge in [0.25, 0.3) is 0 Å². The van der Waals surface area contributed by atoms with Gasteiger partial charge in [-0.2, -0.15) is 0 Å². The lowest BCUT2D eigenvalue weighted by Crippen LogP contribution is -1.92. The summed E-state index contributed by atoms with van der Waals surface area (Å²) >= 11 is 0. The van der Waals surface area contributed by atoms with E-state index in [9.17, 15) is 4.79 Å². The van der Waals surface area contributed by atoms with Crippen LogP contribution in [0.2, 0.25) is 0 Å². The predicted molar refractivity (Wildman–Crippen MR) is 80.3 cm³/mol. The maximum Gasteiger partial charge on any atom is 0.150 e. The monoisotopic (exact) mass is 244 g/mol. The molecule has 90 valence electrons. The van der Waals surface area contributed by atoms with Crippen molar-refractivity contribution in [3.63, 3.8) is 0 Å². The molecule has 4 rings (SSSR count). The van der Waals surface area contributed by atoms with Gasteiger partial charge < -0.3 is 0 Å². The van der Waals surface area contributed by atoms with Gasteiger partial charge in [0.15, 0.2) is 6.29 Å². The molecule has 1 nitrogen and oxygen atoms in total. The van der Waals surface area contributed by atoms with Gasteiger partial charge in [0.05, 0.1) is 0 Å². The number of carbonyl (C=O) groups is 1. The van der Waals surface area contributed by atoms with Gasteiger partial charge in [-0.15, -0.1) is 0 Å². The van der Waals surface area contributed by atoms with Crippen LogP contribution in [-0.2, 0) is 0 Å². The Morgan fingerprint density at radius 2 is 1.53 bits per heavy atom. The third-order valence-electron chi connectivity index (χ3n) is 4.01. The van der Waals surface area contributed by atoms with Gasteiger partial charge in [0, 0.05) is 5.56 Å². The number of hydrogen-bond donors (Lipinski definition) is 0. The lowest BCUT2D eigenvalue weighted by molar-refractivity contribution is 0.112. The summed E-state index contributed by atoms with van der Waals surface area (Å²) < 4.78 is 0. The van der Waals surface area contributed by atoms with E-state index in [4.69, 9.17) is 0 Å². The fourth-order valence-corrected chi connectivity index (χ4v) is 3.13. The number of benzene rings is 4. The van der Waals surface area contributed by atoms with Gasteiger partial charge in [-0.3, -0.25) is 4.79 Å². The van der Waals surface area contributed by atoms with Gasteiger partial charge in [-0.1, -0.05) is 48.5 Å². The highest BCUT2D eigenvalue weighted by Crippen LogP contribution is 2.36. The summed E-state index contributed by atoms with van der Waals surface area (Å²) in [6.07, 6.45) is 0.973. The number of aldehydes is 1. The van der Waals surface area contributed by atoms with Crippen LogP contribution in [0.4, 0.5) is 0 Å². The standard InChI is InChI=1S/C18H12O/c1-11-9-14-6-5-12-3-2-4-13-7-8-15(16(11)10-19)18(14)17(12)13/h2-10H,1H3. The molecule has 0 aliphatic carbocycles. The van der Waals surface area contributed by atoms with Crippen molar-refractivity contribution in [2.75, 3.05) is 0 Å². The van der Waals surface area contributed by atoms with E-state index in [1.165, 1.54) is 26.9 Å². The van der Waals surface area contributed by atoms with Crippen molar-refractivity contribution in [2.24, 2.45) is 0 Å². The van der Waals surface area contributed by atoms with Crippen molar-refractivity contribution in [2.45, 2.75) is 6.92 Å². The Bertz CT molecular complexity index is 919. The van der Waals surface area contributed by atoms with Crippen molar-refractivity contribution in [3.05, 3.63) is 59.7 Å². The molecular weight excluding hydrogens is 232 g/mol. The average Bonchev–Trinajstić information content (AvgIpc) is 2.44. The molecule has 0 amide bonds. The number of hydrogen-bond acceptors (Lipinski definition) is 1. The molecule has 0 aliphatic heterocycles. The molecule has 4 aromatic carbocycles. The average molecular weight is 244 g/mol. The van der Waals surface area contributed by atoms with E-state index in [1.807, 2.05) is 6.92 Å². The van der Waals surface area contributed by atoms with Crippen LogP contribution >= 0.6 is 0 Å². The Balaban J connectivity index is 2.43. The van der Waals surface area contributed by atoms with Crippen molar-refractivity contribution >= 4 is 38.6 Å². The first-order valence-electron chi connectivity index (χ1n) is 6.42. The second-order valence-electron chi connectivity index (χ2n) is 5.08. The normalized spacial score (nSPS) is 11.6. The molecule has 0 saturated heterocycles. The molecule has 0 fully saturated rings. The molecule has 0 unspecified atom stereocenters. The van der Waals surface area contributed by atoms with E-state index in [0.29, 0.717) is 0 Å². The Morgan fingerprint density at radius 1 is 0.842 bits per heavy atom. The van der Waals surface area contributed by atoms with Gasteiger partial charge >= 0.3 is 0 Å². The first-order chi connectivity index (χ1) is 9.29. The third kappa shape index (κ3) is 1.27. The van der Waals surface area contributed by atoms with Crippen molar-refractivity contribution in [1.82, 2.24) is 0 Å². The Morgan fingerprint density at radius 3 is 2.26 bits per heavy atom. The highest BCUT2D eigenvalue weighted by molar-refractivity contribution is 6.25. The van der Waals surface area contributed by atoms with Crippen LogP contribution in [0.25, 0.3) is 32.3 Å². The van der Waals surface area contributed by atoms with Crippen LogP contribution in [0.5, 0.6) is 0 Å². The molecule has 0 aromatic heterocycles. The molecule has 4 aromatic rings. The summed E-state index contributed by atoms with van der Waals surface area (Å²) in [5.74, 6) is 0. The fourth-order valence-electron chi connectivity index (χ4n) is 3.13. The van der Waals surface area contributed by atoms with Crippen molar-refractivity contribution in [1.29, 1.82) is 0 Å². The van der Waals surface area contributed by atoms with Crippen LogP contribution in [0.3, 0.4) is 0 Å². The third-order valence-corrected chi connectivity index (χ3v) is 4.01. The molecule has 0 heterocycles. The van der Waals surface area contributed by atoms with Crippen LogP contribution in [0, 0.1) is 6.92 Å².